The Balaban J connectivity index is 2.29. The van der Waals surface area contributed by atoms with E-state index in [4.69, 9.17) is 0 Å². The van der Waals surface area contributed by atoms with Crippen LogP contribution >= 0.6 is 11.3 Å². The molecule has 1 aliphatic carbocycles. The summed E-state index contributed by atoms with van der Waals surface area (Å²) in [5.41, 5.74) is 1.16. The second-order valence-electron chi connectivity index (χ2n) is 4.15. The first-order valence-corrected chi connectivity index (χ1v) is 6.91. The van der Waals surface area contributed by atoms with Gasteiger partial charge in [-0.15, -0.1) is 17.9 Å². The SMILES string of the molecule is C=CCN(C(=O)C#CC)c1nc2c(s1)CCCC2. The van der Waals surface area contributed by atoms with E-state index in [1.807, 2.05) is 0 Å². The van der Waals surface area contributed by atoms with Crippen molar-refractivity contribution in [2.75, 3.05) is 11.4 Å². The number of carbonyl (C=O) groups excluding carboxylic acids is 1. The highest BCUT2D eigenvalue weighted by atomic mass is 32.1. The molecule has 0 saturated carbocycles. The molecule has 0 N–H and O–H groups in total. The van der Waals surface area contributed by atoms with E-state index in [9.17, 15) is 4.79 Å². The van der Waals surface area contributed by atoms with Gasteiger partial charge in [0, 0.05) is 11.4 Å². The van der Waals surface area contributed by atoms with Crippen molar-refractivity contribution >= 4 is 22.4 Å². The molecular formula is C14H16N2OS. The monoisotopic (exact) mass is 260 g/mol. The molecule has 0 saturated heterocycles. The van der Waals surface area contributed by atoms with E-state index < -0.39 is 0 Å². The van der Waals surface area contributed by atoms with Crippen molar-refractivity contribution in [3.05, 3.63) is 23.2 Å². The van der Waals surface area contributed by atoms with Gasteiger partial charge in [0.1, 0.15) is 0 Å². The number of thiazole rings is 1. The summed E-state index contributed by atoms with van der Waals surface area (Å²) >= 11 is 1.62. The summed E-state index contributed by atoms with van der Waals surface area (Å²) in [6.45, 7) is 5.81. The molecule has 1 heterocycles. The Kier molecular flexibility index (Phi) is 4.16. The number of aryl methyl sites for hydroxylation is 2. The van der Waals surface area contributed by atoms with Crippen molar-refractivity contribution in [1.29, 1.82) is 0 Å². The summed E-state index contributed by atoms with van der Waals surface area (Å²) in [4.78, 5) is 19.4. The summed E-state index contributed by atoms with van der Waals surface area (Å²) in [6, 6.07) is 0. The third kappa shape index (κ3) is 2.62. The van der Waals surface area contributed by atoms with Crippen molar-refractivity contribution in [1.82, 2.24) is 4.98 Å². The van der Waals surface area contributed by atoms with Crippen molar-refractivity contribution < 1.29 is 4.79 Å². The Bertz CT molecular complexity index is 498. The predicted molar refractivity (Wildman–Crippen MR) is 74.8 cm³/mol. The number of fused-ring (bicyclic) bond motifs is 1. The van der Waals surface area contributed by atoms with Gasteiger partial charge in [-0.3, -0.25) is 9.69 Å². The van der Waals surface area contributed by atoms with Crippen molar-refractivity contribution in [2.24, 2.45) is 0 Å². The predicted octanol–water partition coefficient (Wildman–Crippen LogP) is 2.56. The van der Waals surface area contributed by atoms with Crippen molar-refractivity contribution in [3.8, 4) is 11.8 Å². The van der Waals surface area contributed by atoms with Gasteiger partial charge in [0.15, 0.2) is 5.13 Å². The molecule has 1 aromatic heterocycles. The van der Waals surface area contributed by atoms with Crippen LogP contribution in [0.25, 0.3) is 0 Å². The van der Waals surface area contributed by atoms with E-state index >= 15 is 0 Å². The number of nitrogens with zero attached hydrogens (tertiary/aromatic N) is 2. The Morgan fingerprint density at radius 3 is 3.00 bits per heavy atom. The maximum atomic E-state index is 11.9. The average molecular weight is 260 g/mol. The second kappa shape index (κ2) is 5.83. The molecule has 0 bridgehead atoms. The molecule has 1 amide bonds. The van der Waals surface area contributed by atoms with E-state index in [1.165, 1.54) is 17.7 Å². The highest BCUT2D eigenvalue weighted by Gasteiger charge is 2.21. The van der Waals surface area contributed by atoms with Crippen LogP contribution in [0.15, 0.2) is 12.7 Å². The van der Waals surface area contributed by atoms with Gasteiger partial charge in [-0.2, -0.15) is 0 Å². The van der Waals surface area contributed by atoms with E-state index in [0.717, 1.165) is 23.7 Å². The van der Waals surface area contributed by atoms with Crippen LogP contribution in [-0.4, -0.2) is 17.4 Å². The maximum Gasteiger partial charge on any atom is 0.304 e. The number of anilines is 1. The Morgan fingerprint density at radius 2 is 2.33 bits per heavy atom. The van der Waals surface area contributed by atoms with Crippen LogP contribution in [0.2, 0.25) is 0 Å². The minimum absolute atomic E-state index is 0.205. The van der Waals surface area contributed by atoms with Gasteiger partial charge in [-0.25, -0.2) is 4.98 Å². The Labute approximate surface area is 112 Å². The van der Waals surface area contributed by atoms with Gasteiger partial charge in [0.05, 0.1) is 5.69 Å². The molecule has 4 heteroatoms. The first kappa shape index (κ1) is 12.8. The van der Waals surface area contributed by atoms with E-state index in [-0.39, 0.29) is 5.91 Å². The zero-order valence-corrected chi connectivity index (χ0v) is 11.3. The third-order valence-corrected chi connectivity index (χ3v) is 4.03. The summed E-state index contributed by atoms with van der Waals surface area (Å²) in [7, 11) is 0. The molecule has 1 aliphatic rings. The van der Waals surface area contributed by atoms with Gasteiger partial charge in [0.2, 0.25) is 0 Å². The third-order valence-electron chi connectivity index (χ3n) is 2.85. The number of aromatic nitrogens is 1. The molecule has 94 valence electrons. The summed E-state index contributed by atoms with van der Waals surface area (Å²) < 4.78 is 0. The van der Waals surface area contributed by atoms with Gasteiger partial charge < -0.3 is 0 Å². The lowest BCUT2D eigenvalue weighted by Gasteiger charge is -2.14. The van der Waals surface area contributed by atoms with Crippen LogP contribution in [0.1, 0.15) is 30.3 Å². The van der Waals surface area contributed by atoms with Gasteiger partial charge in [-0.1, -0.05) is 12.0 Å². The van der Waals surface area contributed by atoms with Crippen LogP contribution < -0.4 is 4.90 Å². The minimum Gasteiger partial charge on any atom is -0.273 e. The van der Waals surface area contributed by atoms with E-state index in [2.05, 4.69) is 23.4 Å². The second-order valence-corrected chi connectivity index (χ2v) is 5.21. The van der Waals surface area contributed by atoms with Gasteiger partial charge in [-0.05, 0) is 38.5 Å². The lowest BCUT2D eigenvalue weighted by Crippen LogP contribution is -2.29. The van der Waals surface area contributed by atoms with Crippen LogP contribution in [0.3, 0.4) is 0 Å². The number of hydrogen-bond donors (Lipinski definition) is 0. The molecule has 0 fully saturated rings. The summed E-state index contributed by atoms with van der Waals surface area (Å²) in [6.07, 6.45) is 6.23. The zero-order valence-electron chi connectivity index (χ0n) is 10.5. The topological polar surface area (TPSA) is 33.2 Å². The fraction of sp³-hybridized carbons (Fsp3) is 0.429. The van der Waals surface area contributed by atoms with Crippen LogP contribution in [-0.2, 0) is 17.6 Å². The number of rotatable bonds is 3. The van der Waals surface area contributed by atoms with Crippen LogP contribution in [0.5, 0.6) is 0 Å². The van der Waals surface area contributed by atoms with Crippen LogP contribution in [0, 0.1) is 11.8 Å². The molecule has 3 nitrogen and oxygen atoms in total. The molecule has 0 spiro atoms. The first-order chi connectivity index (χ1) is 8.76. The first-order valence-electron chi connectivity index (χ1n) is 6.10. The van der Waals surface area contributed by atoms with Crippen molar-refractivity contribution in [3.63, 3.8) is 0 Å². The molecule has 0 aliphatic heterocycles. The fourth-order valence-electron chi connectivity index (χ4n) is 2.01. The van der Waals surface area contributed by atoms with Gasteiger partial charge in [0.25, 0.3) is 0 Å². The number of amides is 1. The van der Waals surface area contributed by atoms with Crippen molar-refractivity contribution in [2.45, 2.75) is 32.6 Å². The molecule has 18 heavy (non-hydrogen) atoms. The standard InChI is InChI=1S/C14H16N2OS/c1-3-7-13(17)16(10-4-2)14-15-11-8-5-6-9-12(11)18-14/h4H,2,5-6,8-10H2,1H3. The average Bonchev–Trinajstić information content (AvgIpc) is 2.79. The molecule has 0 atom stereocenters. The summed E-state index contributed by atoms with van der Waals surface area (Å²) in [5, 5.41) is 0.759. The minimum atomic E-state index is -0.205. The molecule has 0 radical (unpaired) electrons. The number of hydrogen-bond acceptors (Lipinski definition) is 3. The molecule has 2 rings (SSSR count). The lowest BCUT2D eigenvalue weighted by atomic mass is 10.0. The largest absolute Gasteiger partial charge is 0.304 e. The van der Waals surface area contributed by atoms with E-state index in [1.54, 1.807) is 29.2 Å². The van der Waals surface area contributed by atoms with Crippen LogP contribution in [0.4, 0.5) is 5.13 Å². The molecular weight excluding hydrogens is 244 g/mol. The highest BCUT2D eigenvalue weighted by Crippen LogP contribution is 2.31. The Morgan fingerprint density at radius 1 is 1.56 bits per heavy atom. The quantitative estimate of drug-likeness (QED) is 0.618. The number of carbonyl (C=O) groups is 1. The lowest BCUT2D eigenvalue weighted by molar-refractivity contribution is -0.113. The molecule has 0 unspecified atom stereocenters. The molecule has 0 aromatic carbocycles. The smallest absolute Gasteiger partial charge is 0.273 e. The highest BCUT2D eigenvalue weighted by molar-refractivity contribution is 7.16. The van der Waals surface area contributed by atoms with Gasteiger partial charge >= 0.3 is 5.91 Å². The zero-order chi connectivity index (χ0) is 13.0. The maximum absolute atomic E-state index is 11.9. The van der Waals surface area contributed by atoms with E-state index in [0.29, 0.717) is 6.54 Å². The Hall–Kier alpha value is -1.60. The summed E-state index contributed by atoms with van der Waals surface area (Å²) in [5.74, 6) is 5.00. The normalized spacial score (nSPS) is 13.2. The fourth-order valence-corrected chi connectivity index (χ4v) is 3.16. The molecule has 1 aromatic rings.